The maximum Gasteiger partial charge on any atom is 0.337 e. The summed E-state index contributed by atoms with van der Waals surface area (Å²) >= 11 is 0. The first-order valence-electron chi connectivity index (χ1n) is 6.24. The third kappa shape index (κ3) is 4.03. The Morgan fingerprint density at radius 2 is 1.85 bits per heavy atom. The van der Waals surface area contributed by atoms with Crippen molar-refractivity contribution in [3.05, 3.63) is 29.6 Å². The van der Waals surface area contributed by atoms with Gasteiger partial charge in [-0.1, -0.05) is 26.8 Å². The fourth-order valence-electron chi connectivity index (χ4n) is 1.39. The van der Waals surface area contributed by atoms with Gasteiger partial charge in [-0.2, -0.15) is 0 Å². The van der Waals surface area contributed by atoms with Crippen LogP contribution < -0.4 is 5.32 Å². The zero-order chi connectivity index (χ0) is 15.6. The number of carboxylic acids is 1. The van der Waals surface area contributed by atoms with Gasteiger partial charge in [0.25, 0.3) is 5.91 Å². The van der Waals surface area contributed by atoms with Crippen LogP contribution in [-0.2, 0) is 10.2 Å². The molecule has 20 heavy (non-hydrogen) atoms. The normalized spacial score (nSPS) is 14.4. The van der Waals surface area contributed by atoms with E-state index in [1.807, 2.05) is 20.8 Å². The number of nitrogens with one attached hydrogen (secondary N) is 1. The van der Waals surface area contributed by atoms with Crippen LogP contribution in [0.5, 0.6) is 0 Å². The van der Waals surface area contributed by atoms with Crippen molar-refractivity contribution < 1.29 is 19.8 Å². The zero-order valence-electron chi connectivity index (χ0n) is 12.1. The minimum Gasteiger partial charge on any atom is -0.479 e. The lowest BCUT2D eigenvalue weighted by Gasteiger charge is -2.19. The van der Waals surface area contributed by atoms with Crippen molar-refractivity contribution in [2.45, 2.75) is 38.7 Å². The Balaban J connectivity index is 2.72. The van der Waals surface area contributed by atoms with Gasteiger partial charge in [-0.25, -0.2) is 4.79 Å². The highest BCUT2D eigenvalue weighted by Crippen LogP contribution is 2.20. The Labute approximate surface area is 117 Å². The summed E-state index contributed by atoms with van der Waals surface area (Å²) in [5.41, 5.74) is -0.888. The molecule has 0 aliphatic heterocycles. The number of amides is 1. The van der Waals surface area contributed by atoms with Crippen molar-refractivity contribution in [1.82, 2.24) is 10.3 Å². The molecule has 1 aromatic rings. The van der Waals surface area contributed by atoms with Crippen molar-refractivity contribution in [3.8, 4) is 0 Å². The van der Waals surface area contributed by atoms with Gasteiger partial charge < -0.3 is 15.5 Å². The molecule has 1 atom stereocenters. The Kier molecular flexibility index (Phi) is 4.50. The van der Waals surface area contributed by atoms with E-state index in [1.165, 1.54) is 0 Å². The molecular formula is C14H20N2O4. The van der Waals surface area contributed by atoms with Gasteiger partial charge in [-0.05, 0) is 24.0 Å². The number of carboxylic acid groups (broad SMARTS) is 1. The molecule has 1 rings (SSSR count). The van der Waals surface area contributed by atoms with E-state index in [-0.39, 0.29) is 17.7 Å². The van der Waals surface area contributed by atoms with Crippen LogP contribution in [0.25, 0.3) is 0 Å². The molecular weight excluding hydrogens is 260 g/mol. The van der Waals surface area contributed by atoms with Crippen LogP contribution in [0.1, 0.15) is 43.7 Å². The average molecular weight is 280 g/mol. The van der Waals surface area contributed by atoms with Gasteiger partial charge in [0, 0.05) is 6.20 Å². The number of aromatic nitrogens is 1. The van der Waals surface area contributed by atoms with Gasteiger partial charge in [-0.3, -0.25) is 9.78 Å². The fraction of sp³-hybridized carbons (Fsp3) is 0.500. The Morgan fingerprint density at radius 3 is 2.25 bits per heavy atom. The van der Waals surface area contributed by atoms with Gasteiger partial charge in [0.2, 0.25) is 0 Å². The summed E-state index contributed by atoms with van der Waals surface area (Å²) in [5, 5.41) is 20.6. The SMILES string of the molecule is CC(O)(CNC(=O)c1ccc(C(C)(C)C)cn1)C(=O)O. The second-order valence-electron chi connectivity index (χ2n) is 5.94. The van der Waals surface area contributed by atoms with Gasteiger partial charge >= 0.3 is 5.97 Å². The van der Waals surface area contributed by atoms with Gasteiger partial charge in [0.05, 0.1) is 6.54 Å². The first kappa shape index (κ1) is 16.1. The van der Waals surface area contributed by atoms with Crippen LogP contribution in [0, 0.1) is 0 Å². The van der Waals surface area contributed by atoms with E-state index in [4.69, 9.17) is 5.11 Å². The van der Waals surface area contributed by atoms with Crippen LogP contribution >= 0.6 is 0 Å². The number of nitrogens with zero attached hydrogens (tertiary/aromatic N) is 1. The minimum absolute atomic E-state index is 0.0605. The zero-order valence-corrected chi connectivity index (χ0v) is 12.1. The predicted octanol–water partition coefficient (Wildman–Crippen LogP) is 0.944. The number of pyridine rings is 1. The standard InChI is InChI=1S/C14H20N2O4/c1-13(2,3)9-5-6-10(15-7-9)11(17)16-8-14(4,20)12(18)19/h5-7,20H,8H2,1-4H3,(H,16,17)(H,18,19). The summed E-state index contributed by atoms with van der Waals surface area (Å²) in [6, 6.07) is 3.38. The highest BCUT2D eigenvalue weighted by Gasteiger charge is 2.30. The molecule has 110 valence electrons. The maximum atomic E-state index is 11.8. The van der Waals surface area contributed by atoms with Crippen LogP contribution in [0.3, 0.4) is 0 Å². The largest absolute Gasteiger partial charge is 0.479 e. The number of carbonyl (C=O) groups is 2. The van der Waals surface area contributed by atoms with E-state index >= 15 is 0 Å². The number of hydrogen-bond donors (Lipinski definition) is 3. The second-order valence-corrected chi connectivity index (χ2v) is 5.94. The van der Waals surface area contributed by atoms with Crippen LogP contribution in [-0.4, -0.2) is 39.2 Å². The van der Waals surface area contributed by atoms with Crippen molar-refractivity contribution in [1.29, 1.82) is 0 Å². The Bertz CT molecular complexity index is 501. The Morgan fingerprint density at radius 1 is 1.25 bits per heavy atom. The summed E-state index contributed by atoms with van der Waals surface area (Å²) in [7, 11) is 0. The number of carbonyl (C=O) groups excluding carboxylic acids is 1. The lowest BCUT2D eigenvalue weighted by molar-refractivity contribution is -0.155. The lowest BCUT2D eigenvalue weighted by atomic mass is 9.88. The maximum absolute atomic E-state index is 11.8. The first-order valence-corrected chi connectivity index (χ1v) is 6.24. The monoisotopic (exact) mass is 280 g/mol. The molecule has 1 heterocycles. The predicted molar refractivity (Wildman–Crippen MR) is 73.5 cm³/mol. The van der Waals surface area contributed by atoms with Gasteiger partial charge in [-0.15, -0.1) is 0 Å². The average Bonchev–Trinajstić information content (AvgIpc) is 2.35. The van der Waals surface area contributed by atoms with Crippen molar-refractivity contribution >= 4 is 11.9 Å². The molecule has 1 unspecified atom stereocenters. The number of hydrogen-bond acceptors (Lipinski definition) is 4. The summed E-state index contributed by atoms with van der Waals surface area (Å²) in [4.78, 5) is 26.6. The summed E-state index contributed by atoms with van der Waals surface area (Å²) < 4.78 is 0. The third-order valence-electron chi connectivity index (χ3n) is 2.92. The van der Waals surface area contributed by atoms with Crippen molar-refractivity contribution in [2.75, 3.05) is 6.54 Å². The number of aliphatic hydroxyl groups is 1. The highest BCUT2D eigenvalue weighted by atomic mass is 16.4. The lowest BCUT2D eigenvalue weighted by Crippen LogP contribution is -2.46. The molecule has 6 nitrogen and oxygen atoms in total. The molecule has 0 saturated heterocycles. The van der Waals surface area contributed by atoms with E-state index in [9.17, 15) is 14.7 Å². The molecule has 0 aromatic carbocycles. The first-order chi connectivity index (χ1) is 9.04. The summed E-state index contributed by atoms with van der Waals surface area (Å²) in [6.45, 7) is 6.84. The van der Waals surface area contributed by atoms with Crippen LogP contribution in [0.4, 0.5) is 0 Å². The van der Waals surface area contributed by atoms with E-state index in [0.29, 0.717) is 0 Å². The molecule has 0 spiro atoms. The Hall–Kier alpha value is -1.95. The molecule has 6 heteroatoms. The summed E-state index contributed by atoms with van der Waals surface area (Å²) in [5.74, 6) is -1.92. The van der Waals surface area contributed by atoms with E-state index in [1.54, 1.807) is 18.3 Å². The van der Waals surface area contributed by atoms with Crippen molar-refractivity contribution in [3.63, 3.8) is 0 Å². The molecule has 0 aliphatic carbocycles. The second kappa shape index (κ2) is 5.58. The molecule has 0 fully saturated rings. The van der Waals surface area contributed by atoms with Crippen molar-refractivity contribution in [2.24, 2.45) is 0 Å². The molecule has 0 saturated carbocycles. The van der Waals surface area contributed by atoms with Gasteiger partial charge in [0.15, 0.2) is 5.60 Å². The summed E-state index contributed by atoms with van der Waals surface area (Å²) in [6.07, 6.45) is 1.62. The number of rotatable bonds is 4. The smallest absolute Gasteiger partial charge is 0.337 e. The van der Waals surface area contributed by atoms with Crippen LogP contribution in [0.2, 0.25) is 0 Å². The fourth-order valence-corrected chi connectivity index (χ4v) is 1.39. The quantitative estimate of drug-likeness (QED) is 0.762. The molecule has 1 amide bonds. The topological polar surface area (TPSA) is 99.5 Å². The molecule has 0 aliphatic rings. The van der Waals surface area contributed by atoms with E-state index < -0.39 is 17.5 Å². The van der Waals surface area contributed by atoms with Crippen LogP contribution in [0.15, 0.2) is 18.3 Å². The minimum atomic E-state index is -2.00. The molecule has 1 aromatic heterocycles. The number of aliphatic carboxylic acids is 1. The van der Waals surface area contributed by atoms with E-state index in [0.717, 1.165) is 12.5 Å². The molecule has 0 radical (unpaired) electrons. The molecule has 3 N–H and O–H groups in total. The van der Waals surface area contributed by atoms with Gasteiger partial charge in [0.1, 0.15) is 5.69 Å². The third-order valence-corrected chi connectivity index (χ3v) is 2.92. The van der Waals surface area contributed by atoms with E-state index in [2.05, 4.69) is 10.3 Å². The highest BCUT2D eigenvalue weighted by molar-refractivity contribution is 5.92. The molecule has 0 bridgehead atoms.